The Morgan fingerprint density at radius 1 is 1.80 bits per heavy atom. The molecule has 0 aromatic rings. The lowest BCUT2D eigenvalue weighted by molar-refractivity contribution is -0.133. The topological polar surface area (TPSA) is 103 Å². The minimum atomic E-state index is -1.57. The SMILES string of the molecule is [N-]=[N+]=NCS(=O)CC(=O)O. The number of hydrogen-bond donors (Lipinski definition) is 1. The number of carboxylic acid groups (broad SMARTS) is 1. The number of aliphatic carboxylic acids is 1. The molecule has 0 saturated heterocycles. The van der Waals surface area contributed by atoms with E-state index in [0.29, 0.717) is 0 Å². The summed E-state index contributed by atoms with van der Waals surface area (Å²) in [7, 11) is -1.57. The number of carboxylic acids is 1. The maximum atomic E-state index is 10.5. The second-order valence-electron chi connectivity index (χ2n) is 1.34. The molecule has 56 valence electrons. The number of azide groups is 1. The van der Waals surface area contributed by atoms with Crippen molar-refractivity contribution in [3.8, 4) is 0 Å². The molecule has 0 heterocycles. The highest BCUT2D eigenvalue weighted by Gasteiger charge is 2.02. The van der Waals surface area contributed by atoms with Crippen LogP contribution in [0.5, 0.6) is 0 Å². The number of rotatable bonds is 4. The van der Waals surface area contributed by atoms with Crippen LogP contribution >= 0.6 is 0 Å². The maximum absolute atomic E-state index is 10.5. The van der Waals surface area contributed by atoms with E-state index in [1.807, 2.05) is 0 Å². The van der Waals surface area contributed by atoms with Crippen molar-refractivity contribution in [2.75, 3.05) is 11.6 Å². The van der Waals surface area contributed by atoms with Crippen LogP contribution in [-0.2, 0) is 15.6 Å². The van der Waals surface area contributed by atoms with E-state index in [1.54, 1.807) is 0 Å². The monoisotopic (exact) mass is 163 g/mol. The Balaban J connectivity index is 3.64. The second-order valence-corrected chi connectivity index (χ2v) is 2.76. The summed E-state index contributed by atoms with van der Waals surface area (Å²) in [5.74, 6) is -1.91. The van der Waals surface area contributed by atoms with Gasteiger partial charge in [-0.15, -0.1) is 0 Å². The zero-order chi connectivity index (χ0) is 7.98. The van der Waals surface area contributed by atoms with Gasteiger partial charge in [0.05, 0.1) is 0 Å². The van der Waals surface area contributed by atoms with Gasteiger partial charge < -0.3 is 5.11 Å². The van der Waals surface area contributed by atoms with Crippen LogP contribution in [0.4, 0.5) is 0 Å². The quantitative estimate of drug-likeness (QED) is 0.360. The highest BCUT2D eigenvalue weighted by Crippen LogP contribution is 1.83. The standard InChI is InChI=1S/C3H5N3O3S/c4-6-5-2-10(9)1-3(7)8/h1-2H2,(H,7,8). The van der Waals surface area contributed by atoms with Crippen LogP contribution in [0, 0.1) is 0 Å². The lowest BCUT2D eigenvalue weighted by atomic mass is 10.8. The Morgan fingerprint density at radius 2 is 2.40 bits per heavy atom. The van der Waals surface area contributed by atoms with Crippen LogP contribution in [0.3, 0.4) is 0 Å². The summed E-state index contributed by atoms with van der Waals surface area (Å²) in [6.45, 7) is 0. The van der Waals surface area contributed by atoms with Crippen molar-refractivity contribution < 1.29 is 14.1 Å². The van der Waals surface area contributed by atoms with Crippen LogP contribution < -0.4 is 0 Å². The first-order valence-corrected chi connectivity index (χ1v) is 3.73. The lowest BCUT2D eigenvalue weighted by Gasteiger charge is -1.88. The molecule has 0 amide bonds. The fourth-order valence-corrected chi connectivity index (χ4v) is 0.821. The molecule has 1 N–H and O–H groups in total. The Hall–Kier alpha value is -1.07. The van der Waals surface area contributed by atoms with Gasteiger partial charge in [0.15, 0.2) is 0 Å². The van der Waals surface area contributed by atoms with E-state index in [1.165, 1.54) is 0 Å². The molecule has 0 radical (unpaired) electrons. The van der Waals surface area contributed by atoms with E-state index >= 15 is 0 Å². The summed E-state index contributed by atoms with van der Waals surface area (Å²) in [6.07, 6.45) is 0. The molecule has 10 heavy (non-hydrogen) atoms. The third-order valence-corrected chi connectivity index (χ3v) is 1.52. The summed E-state index contributed by atoms with van der Waals surface area (Å²) >= 11 is 0. The summed E-state index contributed by atoms with van der Waals surface area (Å²) in [5, 5.41) is 11.0. The van der Waals surface area contributed by atoms with Gasteiger partial charge in [0.1, 0.15) is 11.6 Å². The van der Waals surface area contributed by atoms with Crippen molar-refractivity contribution in [3.05, 3.63) is 10.4 Å². The van der Waals surface area contributed by atoms with E-state index in [9.17, 15) is 9.00 Å². The van der Waals surface area contributed by atoms with E-state index in [2.05, 4.69) is 10.0 Å². The highest BCUT2D eigenvalue weighted by atomic mass is 32.2. The molecule has 1 unspecified atom stereocenters. The van der Waals surface area contributed by atoms with Gasteiger partial charge in [-0.3, -0.25) is 9.00 Å². The highest BCUT2D eigenvalue weighted by molar-refractivity contribution is 7.85. The Morgan fingerprint density at radius 3 is 2.80 bits per heavy atom. The molecule has 0 aliphatic rings. The Bertz CT molecular complexity index is 191. The summed E-state index contributed by atoms with van der Waals surface area (Å²) < 4.78 is 10.5. The predicted molar refractivity (Wildman–Crippen MR) is 34.7 cm³/mol. The Labute approximate surface area is 58.9 Å². The normalized spacial score (nSPS) is 11.6. The van der Waals surface area contributed by atoms with Gasteiger partial charge in [-0.2, -0.15) is 0 Å². The van der Waals surface area contributed by atoms with Crippen molar-refractivity contribution in [1.29, 1.82) is 0 Å². The first-order valence-electron chi connectivity index (χ1n) is 2.24. The maximum Gasteiger partial charge on any atom is 0.316 e. The molecule has 0 rings (SSSR count). The first-order chi connectivity index (χ1) is 4.66. The molecule has 0 fully saturated rings. The van der Waals surface area contributed by atoms with E-state index in [0.717, 1.165) is 0 Å². The first kappa shape index (κ1) is 8.93. The minimum absolute atomic E-state index is 0.275. The summed E-state index contributed by atoms with van der Waals surface area (Å²) in [5.41, 5.74) is 7.73. The van der Waals surface area contributed by atoms with E-state index in [4.69, 9.17) is 10.6 Å². The van der Waals surface area contributed by atoms with Crippen LogP contribution in [0.1, 0.15) is 0 Å². The number of nitrogens with zero attached hydrogens (tertiary/aromatic N) is 3. The molecule has 0 aromatic carbocycles. The molecule has 7 heteroatoms. The molecule has 0 saturated carbocycles. The average molecular weight is 163 g/mol. The molecule has 1 atom stereocenters. The van der Waals surface area contributed by atoms with Gasteiger partial charge in [0.2, 0.25) is 0 Å². The summed E-state index contributed by atoms with van der Waals surface area (Å²) in [4.78, 5) is 12.2. The van der Waals surface area contributed by atoms with Crippen LogP contribution in [0.2, 0.25) is 0 Å². The van der Waals surface area contributed by atoms with Gasteiger partial charge in [0, 0.05) is 15.7 Å². The zero-order valence-corrected chi connectivity index (χ0v) is 5.74. The smallest absolute Gasteiger partial charge is 0.316 e. The van der Waals surface area contributed by atoms with Gasteiger partial charge in [-0.1, -0.05) is 5.11 Å². The molecular weight excluding hydrogens is 158 g/mol. The van der Waals surface area contributed by atoms with E-state index < -0.39 is 22.5 Å². The molecule has 0 aliphatic heterocycles. The predicted octanol–water partition coefficient (Wildman–Crippen LogP) is 0.0875. The van der Waals surface area contributed by atoms with Gasteiger partial charge in [0.25, 0.3) is 0 Å². The minimum Gasteiger partial charge on any atom is -0.481 e. The fourth-order valence-electron chi connectivity index (χ4n) is 0.274. The van der Waals surface area contributed by atoms with Crippen LogP contribution in [-0.4, -0.2) is 26.9 Å². The second kappa shape index (κ2) is 4.78. The average Bonchev–Trinajstić information content (AvgIpc) is 1.82. The number of carbonyl (C=O) groups is 1. The zero-order valence-electron chi connectivity index (χ0n) is 4.93. The molecule has 0 aliphatic carbocycles. The van der Waals surface area contributed by atoms with Crippen molar-refractivity contribution >= 4 is 16.8 Å². The fraction of sp³-hybridized carbons (Fsp3) is 0.667. The van der Waals surface area contributed by atoms with Crippen LogP contribution in [0.25, 0.3) is 10.4 Å². The van der Waals surface area contributed by atoms with Gasteiger partial charge in [-0.25, -0.2) is 0 Å². The lowest BCUT2D eigenvalue weighted by Crippen LogP contribution is -2.10. The third-order valence-electron chi connectivity index (χ3n) is 0.549. The van der Waals surface area contributed by atoms with Crippen molar-refractivity contribution in [3.63, 3.8) is 0 Å². The largest absolute Gasteiger partial charge is 0.481 e. The van der Waals surface area contributed by atoms with E-state index in [-0.39, 0.29) is 5.88 Å². The van der Waals surface area contributed by atoms with Crippen molar-refractivity contribution in [1.82, 2.24) is 0 Å². The van der Waals surface area contributed by atoms with Gasteiger partial charge in [-0.05, 0) is 5.53 Å². The molecule has 0 bridgehead atoms. The van der Waals surface area contributed by atoms with Crippen molar-refractivity contribution in [2.24, 2.45) is 5.11 Å². The van der Waals surface area contributed by atoms with Crippen LogP contribution in [0.15, 0.2) is 5.11 Å². The number of hydrogen-bond acceptors (Lipinski definition) is 3. The van der Waals surface area contributed by atoms with Crippen molar-refractivity contribution in [2.45, 2.75) is 0 Å². The molecule has 0 aromatic heterocycles. The third kappa shape index (κ3) is 5.07. The molecule has 0 spiro atoms. The van der Waals surface area contributed by atoms with Gasteiger partial charge >= 0.3 is 5.97 Å². The molecular formula is C3H5N3O3S. The summed E-state index contributed by atoms with van der Waals surface area (Å²) in [6, 6.07) is 0. The molecule has 6 nitrogen and oxygen atoms in total. The Kier molecular flexibility index (Phi) is 4.26.